The van der Waals surface area contributed by atoms with Crippen molar-refractivity contribution in [2.45, 2.75) is 0 Å². The number of benzene rings is 11. The molecule has 6 heterocycles. The van der Waals surface area contributed by atoms with Crippen LogP contribution in [-0.4, -0.2) is 17.9 Å². The van der Waals surface area contributed by atoms with Crippen molar-refractivity contribution in [3.05, 3.63) is 237 Å². The lowest BCUT2D eigenvalue weighted by molar-refractivity contribution is 1.18. The Balaban J connectivity index is 1.04. The van der Waals surface area contributed by atoms with Crippen molar-refractivity contribution in [1.29, 1.82) is 0 Å². The third-order valence-corrected chi connectivity index (χ3v) is 15.7. The molecule has 71 heavy (non-hydrogen) atoms. The molecule has 6 aromatic heterocycles. The van der Waals surface area contributed by atoms with Gasteiger partial charge in [-0.25, -0.2) is 0 Å². The molecule has 0 spiro atoms. The highest BCUT2D eigenvalue weighted by Crippen LogP contribution is 2.52. The molecule has 0 atom stereocenters. The fourth-order valence-corrected chi connectivity index (χ4v) is 13.1. The molecular formula is C66H39N5. The Morgan fingerprint density at radius 1 is 0.239 bits per heavy atom. The minimum absolute atomic E-state index is 1.12. The first-order valence-corrected chi connectivity index (χ1v) is 24.5. The van der Waals surface area contributed by atoms with Gasteiger partial charge in [-0.15, -0.1) is 0 Å². The van der Waals surface area contributed by atoms with Crippen molar-refractivity contribution < 1.29 is 0 Å². The molecule has 0 aliphatic heterocycles. The third-order valence-electron chi connectivity index (χ3n) is 15.7. The monoisotopic (exact) mass is 901 g/mol. The van der Waals surface area contributed by atoms with Crippen LogP contribution in [0, 0.1) is 0 Å². The zero-order valence-corrected chi connectivity index (χ0v) is 38.3. The summed E-state index contributed by atoms with van der Waals surface area (Å²) < 4.78 is 10.0. The van der Waals surface area contributed by atoms with Crippen LogP contribution in [0.1, 0.15) is 0 Å². The van der Waals surface area contributed by atoms with Gasteiger partial charge < -0.3 is 22.8 Å². The quantitative estimate of drug-likeness (QED) is 0.169. The number of rotatable bonds is 5. The molecule has 5 heteroatoms. The molecule has 17 aromatic rings. The summed E-state index contributed by atoms with van der Waals surface area (Å²) in [5.74, 6) is 0. The summed E-state index contributed by atoms with van der Waals surface area (Å²) >= 11 is 0. The minimum Gasteiger partial charge on any atom is -0.310 e. The van der Waals surface area contributed by atoms with Crippen molar-refractivity contribution in [3.63, 3.8) is 0 Å². The Kier molecular flexibility index (Phi) is 7.15. The maximum Gasteiger partial charge on any atom is 0.0641 e. The van der Waals surface area contributed by atoms with Gasteiger partial charge in [0.2, 0.25) is 0 Å². The number of fused-ring (bicyclic) bond motifs is 20. The van der Waals surface area contributed by atoms with Gasteiger partial charge in [-0.3, -0.25) is 0 Å². The first-order valence-electron chi connectivity index (χ1n) is 24.5. The van der Waals surface area contributed by atoms with Crippen LogP contribution in [0.25, 0.3) is 131 Å². The summed E-state index contributed by atoms with van der Waals surface area (Å²) in [5, 5.41) is 15.2. The molecule has 0 N–H and O–H groups in total. The Bertz CT molecular complexity index is 4980. The maximum atomic E-state index is 2.59. The number of anilines is 3. The Morgan fingerprint density at radius 2 is 0.662 bits per heavy atom. The predicted octanol–water partition coefficient (Wildman–Crippen LogP) is 17.7. The second-order valence-corrected chi connectivity index (χ2v) is 19.2. The van der Waals surface area contributed by atoms with Gasteiger partial charge in [0, 0.05) is 87.4 Å². The van der Waals surface area contributed by atoms with Crippen LogP contribution < -0.4 is 4.90 Å². The summed E-state index contributed by atoms with van der Waals surface area (Å²) in [6.45, 7) is 0. The average molecular weight is 902 g/mol. The molecule has 0 saturated carbocycles. The Hall–Kier alpha value is -9.58. The first-order chi connectivity index (χ1) is 35.3. The van der Waals surface area contributed by atoms with Gasteiger partial charge in [-0.05, 0) is 103 Å². The molecule has 0 fully saturated rings. The zero-order chi connectivity index (χ0) is 46.1. The van der Waals surface area contributed by atoms with Gasteiger partial charge in [-0.1, -0.05) is 133 Å². The van der Waals surface area contributed by atoms with E-state index in [4.69, 9.17) is 0 Å². The van der Waals surface area contributed by atoms with Crippen molar-refractivity contribution in [3.8, 4) is 11.4 Å². The van der Waals surface area contributed by atoms with Crippen molar-refractivity contribution in [2.24, 2.45) is 0 Å². The van der Waals surface area contributed by atoms with E-state index < -0.39 is 0 Å². The summed E-state index contributed by atoms with van der Waals surface area (Å²) in [7, 11) is 0. The molecule has 0 radical (unpaired) electrons. The standard InChI is InChI=1S/C66H39N5/c1-5-18-40(19-6-1)67(41-20-7-2-8-21-41)57-33-32-45-50-39-58-49(38-59(50)71-56-37-35-54-61(63(56)64(57)66(45)71)47-27-14-16-31-52(47)69(54)43-24-11-4-12-25-43)44-28-17-29-48-62-55(70(58)65(44)48)36-34-53-60(62)46-26-13-15-30-51(46)68(53)42-22-9-3-10-23-42/h1-39H. The zero-order valence-electron chi connectivity index (χ0n) is 38.3. The van der Waals surface area contributed by atoms with Gasteiger partial charge >= 0.3 is 0 Å². The van der Waals surface area contributed by atoms with E-state index >= 15 is 0 Å². The lowest BCUT2D eigenvalue weighted by Crippen LogP contribution is -2.10. The lowest BCUT2D eigenvalue weighted by Gasteiger charge is -2.26. The largest absolute Gasteiger partial charge is 0.310 e. The highest BCUT2D eigenvalue weighted by Gasteiger charge is 2.29. The molecule has 11 aromatic carbocycles. The van der Waals surface area contributed by atoms with E-state index in [-0.39, 0.29) is 0 Å². The SMILES string of the molecule is c1ccc(N(c2ccccc2)c2ccc3c4cc5c(cc4n4c6ccc7c(c8ccccc8n7-c7ccccc7)c6c2c34)c2cccc3c4c6c7ccccc7n(-c7ccccc7)c6ccc4n5c23)cc1. The minimum atomic E-state index is 1.12. The molecule has 0 aliphatic carbocycles. The van der Waals surface area contributed by atoms with Crippen LogP contribution in [-0.2, 0) is 0 Å². The molecule has 0 saturated heterocycles. The highest BCUT2D eigenvalue weighted by atomic mass is 15.1. The number of aromatic nitrogens is 4. The van der Waals surface area contributed by atoms with Crippen LogP contribution in [0.2, 0.25) is 0 Å². The van der Waals surface area contributed by atoms with E-state index in [0.29, 0.717) is 0 Å². The normalized spacial score (nSPS) is 12.5. The second kappa shape index (κ2) is 13.6. The number of nitrogens with zero attached hydrogens (tertiary/aromatic N) is 5. The van der Waals surface area contributed by atoms with Crippen molar-refractivity contribution >= 4 is 137 Å². The average Bonchev–Trinajstić information content (AvgIpc) is 4.29. The smallest absolute Gasteiger partial charge is 0.0641 e. The molecule has 17 rings (SSSR count). The van der Waals surface area contributed by atoms with E-state index in [0.717, 1.165) is 22.7 Å². The van der Waals surface area contributed by atoms with Gasteiger partial charge in [0.1, 0.15) is 0 Å². The van der Waals surface area contributed by atoms with Gasteiger partial charge in [0.25, 0.3) is 0 Å². The van der Waals surface area contributed by atoms with Crippen LogP contribution in [0.4, 0.5) is 17.1 Å². The van der Waals surface area contributed by atoms with Gasteiger partial charge in [0.15, 0.2) is 0 Å². The fraction of sp³-hybridized carbons (Fsp3) is 0. The molecule has 5 nitrogen and oxygen atoms in total. The fourth-order valence-electron chi connectivity index (χ4n) is 13.1. The first kappa shape index (κ1) is 37.4. The molecule has 328 valence electrons. The van der Waals surface area contributed by atoms with Crippen LogP contribution in [0.5, 0.6) is 0 Å². The lowest BCUT2D eigenvalue weighted by atomic mass is 10.00. The van der Waals surface area contributed by atoms with E-state index in [1.165, 1.54) is 125 Å². The number of para-hydroxylation sites is 7. The summed E-state index contributed by atoms with van der Waals surface area (Å²) in [6.07, 6.45) is 0. The third kappa shape index (κ3) is 4.70. The maximum absolute atomic E-state index is 2.59. The summed E-state index contributed by atoms with van der Waals surface area (Å²) in [5.41, 5.74) is 17.9. The molecular weight excluding hydrogens is 863 g/mol. The van der Waals surface area contributed by atoms with Crippen molar-refractivity contribution in [2.75, 3.05) is 4.90 Å². The molecule has 0 unspecified atom stereocenters. The summed E-state index contributed by atoms with van der Waals surface area (Å²) in [6, 6.07) is 87.4. The van der Waals surface area contributed by atoms with E-state index in [1.807, 2.05) is 0 Å². The van der Waals surface area contributed by atoms with E-state index in [2.05, 4.69) is 259 Å². The van der Waals surface area contributed by atoms with Crippen LogP contribution in [0.3, 0.4) is 0 Å². The topological polar surface area (TPSA) is 21.9 Å². The van der Waals surface area contributed by atoms with Gasteiger partial charge in [-0.2, -0.15) is 0 Å². The predicted molar refractivity (Wildman–Crippen MR) is 299 cm³/mol. The van der Waals surface area contributed by atoms with E-state index in [9.17, 15) is 0 Å². The van der Waals surface area contributed by atoms with Crippen molar-refractivity contribution in [1.82, 2.24) is 17.9 Å². The highest BCUT2D eigenvalue weighted by molar-refractivity contribution is 6.38. The second-order valence-electron chi connectivity index (χ2n) is 19.2. The Morgan fingerprint density at radius 3 is 1.24 bits per heavy atom. The van der Waals surface area contributed by atoms with Gasteiger partial charge in [0.05, 0.1) is 60.9 Å². The van der Waals surface area contributed by atoms with Crippen LogP contribution in [0.15, 0.2) is 237 Å². The number of hydrogen-bond acceptors (Lipinski definition) is 1. The molecule has 0 amide bonds. The Labute approximate surface area is 405 Å². The summed E-state index contributed by atoms with van der Waals surface area (Å²) in [4.78, 5) is 2.45. The molecule has 0 bridgehead atoms. The van der Waals surface area contributed by atoms with E-state index in [1.54, 1.807) is 0 Å². The van der Waals surface area contributed by atoms with Crippen LogP contribution >= 0.6 is 0 Å². The number of hydrogen-bond donors (Lipinski definition) is 0. The molecule has 0 aliphatic rings.